The summed E-state index contributed by atoms with van der Waals surface area (Å²) in [5, 5.41) is 15.8. The van der Waals surface area contributed by atoms with Gasteiger partial charge in [0.1, 0.15) is 6.04 Å². The second kappa shape index (κ2) is 7.96. The monoisotopic (exact) mass is 343 g/mol. The Kier molecular flexibility index (Phi) is 5.96. The van der Waals surface area contributed by atoms with Gasteiger partial charge in [-0.15, -0.1) is 0 Å². The van der Waals surface area contributed by atoms with E-state index in [1.807, 2.05) is 19.1 Å². The lowest BCUT2D eigenvalue weighted by atomic mass is 9.96. The summed E-state index contributed by atoms with van der Waals surface area (Å²) in [4.78, 5) is 23.3. The Labute approximate surface area is 147 Å². The first-order valence-corrected chi connectivity index (χ1v) is 8.51. The molecule has 25 heavy (non-hydrogen) atoms. The average Bonchev–Trinajstić information content (AvgIpc) is 3.10. The summed E-state index contributed by atoms with van der Waals surface area (Å²) in [5.74, 6) is -0.755. The van der Waals surface area contributed by atoms with Gasteiger partial charge in [0.05, 0.1) is 17.8 Å². The van der Waals surface area contributed by atoms with E-state index in [9.17, 15) is 9.59 Å². The lowest BCUT2D eigenvalue weighted by molar-refractivity contribution is -0.124. The highest BCUT2D eigenvalue weighted by atomic mass is 16.4. The van der Waals surface area contributed by atoms with E-state index >= 15 is 0 Å². The Morgan fingerprint density at radius 1 is 1.16 bits per heavy atom. The quantitative estimate of drug-likeness (QED) is 0.805. The highest BCUT2D eigenvalue weighted by Crippen LogP contribution is 2.21. The number of nitrogens with one attached hydrogen (secondary N) is 1. The molecule has 3 atom stereocenters. The predicted molar refractivity (Wildman–Crippen MR) is 95.6 cm³/mol. The zero-order chi connectivity index (χ0) is 18.6. The summed E-state index contributed by atoms with van der Waals surface area (Å²) in [6, 6.07) is 7.54. The molecule has 6 nitrogen and oxygen atoms in total. The third-order valence-corrected chi connectivity index (χ3v) is 4.60. The first-order chi connectivity index (χ1) is 11.8. The lowest BCUT2D eigenvalue weighted by Gasteiger charge is -2.19. The number of carbonyl (C=O) groups excluding carboxylic acids is 1. The number of amides is 1. The summed E-state index contributed by atoms with van der Waals surface area (Å²) in [5.41, 5.74) is 2.38. The molecule has 0 saturated heterocycles. The second-order valence-corrected chi connectivity index (χ2v) is 6.40. The summed E-state index contributed by atoms with van der Waals surface area (Å²) in [6.45, 7) is 7.96. The van der Waals surface area contributed by atoms with Crippen LogP contribution in [0.5, 0.6) is 0 Å². The van der Waals surface area contributed by atoms with Crippen molar-refractivity contribution in [1.29, 1.82) is 0 Å². The molecule has 3 unspecified atom stereocenters. The van der Waals surface area contributed by atoms with E-state index in [0.717, 1.165) is 12.0 Å². The molecule has 1 amide bonds. The van der Waals surface area contributed by atoms with Crippen LogP contribution in [0.4, 0.5) is 0 Å². The number of aromatic nitrogens is 2. The van der Waals surface area contributed by atoms with Crippen LogP contribution in [0.1, 0.15) is 73.6 Å². The van der Waals surface area contributed by atoms with Crippen molar-refractivity contribution in [2.75, 3.05) is 0 Å². The van der Waals surface area contributed by atoms with Crippen LogP contribution in [0.2, 0.25) is 0 Å². The molecule has 2 aromatic rings. The Hall–Kier alpha value is -2.63. The van der Waals surface area contributed by atoms with Crippen molar-refractivity contribution in [2.24, 2.45) is 0 Å². The number of carboxylic acids is 1. The third-order valence-electron chi connectivity index (χ3n) is 4.60. The third kappa shape index (κ3) is 4.47. The standard InChI is InChI=1S/C19H25N3O3/c1-5-12(2)15-6-8-16(9-7-15)13(3)21-18(23)14(4)22-11-17(10-20-22)19(24)25/h6-14H,5H2,1-4H3,(H,21,23)(H,24,25). The Morgan fingerprint density at radius 2 is 1.76 bits per heavy atom. The minimum atomic E-state index is -1.06. The minimum absolute atomic E-state index is 0.0633. The van der Waals surface area contributed by atoms with Crippen LogP contribution in [0.15, 0.2) is 36.7 Å². The maximum atomic E-state index is 12.4. The average molecular weight is 343 g/mol. The largest absolute Gasteiger partial charge is 0.478 e. The van der Waals surface area contributed by atoms with E-state index in [1.54, 1.807) is 6.92 Å². The highest BCUT2D eigenvalue weighted by molar-refractivity contribution is 5.87. The van der Waals surface area contributed by atoms with Crippen LogP contribution in [-0.2, 0) is 4.79 Å². The van der Waals surface area contributed by atoms with Crippen molar-refractivity contribution in [3.05, 3.63) is 53.3 Å². The molecule has 2 rings (SSSR count). The Morgan fingerprint density at radius 3 is 2.28 bits per heavy atom. The zero-order valence-corrected chi connectivity index (χ0v) is 15.1. The fourth-order valence-electron chi connectivity index (χ4n) is 2.55. The van der Waals surface area contributed by atoms with E-state index in [2.05, 4.69) is 36.4 Å². The maximum Gasteiger partial charge on any atom is 0.338 e. The lowest BCUT2D eigenvalue weighted by Crippen LogP contribution is -2.33. The molecule has 0 radical (unpaired) electrons. The SMILES string of the molecule is CCC(C)c1ccc(C(C)NC(=O)C(C)n2cc(C(=O)O)cn2)cc1. The molecular formula is C19H25N3O3. The van der Waals surface area contributed by atoms with Gasteiger partial charge in [-0.25, -0.2) is 4.79 Å². The Bertz CT molecular complexity index is 737. The van der Waals surface area contributed by atoms with Crippen LogP contribution >= 0.6 is 0 Å². The molecule has 0 fully saturated rings. The smallest absolute Gasteiger partial charge is 0.338 e. The van der Waals surface area contributed by atoms with Crippen molar-refractivity contribution in [3.63, 3.8) is 0 Å². The molecule has 0 spiro atoms. The maximum absolute atomic E-state index is 12.4. The molecule has 0 bridgehead atoms. The molecule has 0 saturated carbocycles. The Balaban J connectivity index is 2.02. The highest BCUT2D eigenvalue weighted by Gasteiger charge is 2.19. The van der Waals surface area contributed by atoms with Crippen molar-refractivity contribution < 1.29 is 14.7 Å². The van der Waals surface area contributed by atoms with E-state index in [1.165, 1.54) is 22.6 Å². The first-order valence-electron chi connectivity index (χ1n) is 8.51. The van der Waals surface area contributed by atoms with Crippen LogP contribution in [0.3, 0.4) is 0 Å². The molecule has 0 aliphatic rings. The molecule has 1 aromatic carbocycles. The molecule has 1 aromatic heterocycles. The predicted octanol–water partition coefficient (Wildman–Crippen LogP) is 3.53. The zero-order valence-electron chi connectivity index (χ0n) is 15.1. The normalized spacial score (nSPS) is 14.6. The summed E-state index contributed by atoms with van der Waals surface area (Å²) in [6.07, 6.45) is 3.69. The number of hydrogen-bond acceptors (Lipinski definition) is 3. The second-order valence-electron chi connectivity index (χ2n) is 6.40. The summed E-state index contributed by atoms with van der Waals surface area (Å²) in [7, 11) is 0. The summed E-state index contributed by atoms with van der Waals surface area (Å²) >= 11 is 0. The van der Waals surface area contributed by atoms with Gasteiger partial charge in [0.2, 0.25) is 5.91 Å². The molecule has 0 aliphatic heterocycles. The number of carbonyl (C=O) groups is 2. The topological polar surface area (TPSA) is 84.2 Å². The van der Waals surface area contributed by atoms with Gasteiger partial charge in [0.15, 0.2) is 0 Å². The van der Waals surface area contributed by atoms with Crippen LogP contribution in [0.25, 0.3) is 0 Å². The first kappa shape index (κ1) is 18.7. The number of rotatable bonds is 7. The van der Waals surface area contributed by atoms with Crippen molar-refractivity contribution >= 4 is 11.9 Å². The van der Waals surface area contributed by atoms with Gasteiger partial charge in [0, 0.05) is 6.20 Å². The van der Waals surface area contributed by atoms with Gasteiger partial charge in [-0.1, -0.05) is 38.1 Å². The van der Waals surface area contributed by atoms with Crippen molar-refractivity contribution in [2.45, 2.75) is 52.1 Å². The van der Waals surface area contributed by atoms with Crippen LogP contribution in [0, 0.1) is 0 Å². The fourth-order valence-corrected chi connectivity index (χ4v) is 2.55. The van der Waals surface area contributed by atoms with Gasteiger partial charge in [-0.3, -0.25) is 9.48 Å². The van der Waals surface area contributed by atoms with E-state index in [4.69, 9.17) is 5.11 Å². The summed E-state index contributed by atoms with van der Waals surface area (Å²) < 4.78 is 1.36. The van der Waals surface area contributed by atoms with E-state index < -0.39 is 12.0 Å². The van der Waals surface area contributed by atoms with E-state index in [0.29, 0.717) is 5.92 Å². The van der Waals surface area contributed by atoms with Gasteiger partial charge >= 0.3 is 5.97 Å². The van der Waals surface area contributed by atoms with Crippen molar-refractivity contribution in [1.82, 2.24) is 15.1 Å². The molecule has 0 aliphatic carbocycles. The molecule has 6 heteroatoms. The fraction of sp³-hybridized carbons (Fsp3) is 0.421. The van der Waals surface area contributed by atoms with E-state index in [-0.39, 0.29) is 17.5 Å². The van der Waals surface area contributed by atoms with Gasteiger partial charge in [0.25, 0.3) is 0 Å². The number of nitrogens with zero attached hydrogens (tertiary/aromatic N) is 2. The number of hydrogen-bond donors (Lipinski definition) is 2. The number of benzene rings is 1. The number of carboxylic acid groups (broad SMARTS) is 1. The number of aromatic carboxylic acids is 1. The van der Waals surface area contributed by atoms with Crippen molar-refractivity contribution in [3.8, 4) is 0 Å². The van der Waals surface area contributed by atoms with Gasteiger partial charge in [-0.2, -0.15) is 5.10 Å². The molecule has 134 valence electrons. The van der Waals surface area contributed by atoms with Gasteiger partial charge in [-0.05, 0) is 37.3 Å². The molecular weight excluding hydrogens is 318 g/mol. The molecule has 2 N–H and O–H groups in total. The van der Waals surface area contributed by atoms with Crippen LogP contribution < -0.4 is 5.32 Å². The van der Waals surface area contributed by atoms with Gasteiger partial charge < -0.3 is 10.4 Å². The minimum Gasteiger partial charge on any atom is -0.478 e. The molecule has 1 heterocycles. The van der Waals surface area contributed by atoms with Crippen LogP contribution in [-0.4, -0.2) is 26.8 Å².